The van der Waals surface area contributed by atoms with Gasteiger partial charge in [-0.15, -0.1) is 6.58 Å². The zero-order valence-electron chi connectivity index (χ0n) is 9.25. The van der Waals surface area contributed by atoms with E-state index in [2.05, 4.69) is 11.6 Å². The maximum Gasteiger partial charge on any atom is 0.100 e. The first kappa shape index (κ1) is 12.6. The predicted octanol–water partition coefficient (Wildman–Crippen LogP) is 1.67. The smallest absolute Gasteiger partial charge is 0.100 e. The Hall–Kier alpha value is -1.45. The third-order valence-corrected chi connectivity index (χ3v) is 2.00. The predicted molar refractivity (Wildman–Crippen MR) is 65.9 cm³/mol. The molecule has 1 N–H and O–H groups in total. The van der Waals surface area contributed by atoms with E-state index in [-0.39, 0.29) is 12.7 Å². The van der Waals surface area contributed by atoms with E-state index in [1.54, 1.807) is 12.3 Å². The van der Waals surface area contributed by atoms with E-state index in [0.29, 0.717) is 13.2 Å². The van der Waals surface area contributed by atoms with Crippen molar-refractivity contribution in [3.05, 3.63) is 48.6 Å². The van der Waals surface area contributed by atoms with Crippen LogP contribution >= 0.6 is 0 Å². The van der Waals surface area contributed by atoms with E-state index in [1.807, 2.05) is 30.3 Å². The van der Waals surface area contributed by atoms with Gasteiger partial charge in [0.05, 0.1) is 19.8 Å². The standard InChI is InChI=1S/C13H17NO2/c1-2-8-16-13(11-15)10-14-9-12-6-4-3-5-7-12/h2-7,9,13,15H,1,8,10-11H2. The molecule has 3 heteroatoms. The molecule has 0 radical (unpaired) electrons. The number of nitrogens with zero attached hydrogens (tertiary/aromatic N) is 1. The molecule has 1 unspecified atom stereocenters. The van der Waals surface area contributed by atoms with E-state index in [1.165, 1.54) is 0 Å². The highest BCUT2D eigenvalue weighted by molar-refractivity contribution is 5.79. The lowest BCUT2D eigenvalue weighted by molar-refractivity contribution is 0.0351. The molecule has 1 atom stereocenters. The van der Waals surface area contributed by atoms with Gasteiger partial charge in [0, 0.05) is 6.21 Å². The molecule has 0 heterocycles. The van der Waals surface area contributed by atoms with Crippen LogP contribution in [0.3, 0.4) is 0 Å². The van der Waals surface area contributed by atoms with Crippen molar-refractivity contribution in [3.63, 3.8) is 0 Å². The quantitative estimate of drug-likeness (QED) is 0.560. The summed E-state index contributed by atoms with van der Waals surface area (Å²) in [7, 11) is 0. The summed E-state index contributed by atoms with van der Waals surface area (Å²) in [6.07, 6.45) is 3.18. The van der Waals surface area contributed by atoms with Crippen LogP contribution in [0.2, 0.25) is 0 Å². The van der Waals surface area contributed by atoms with Gasteiger partial charge in [-0.05, 0) is 5.56 Å². The molecule has 0 aromatic heterocycles. The SMILES string of the molecule is C=CCOC(CO)CN=Cc1ccccc1. The van der Waals surface area contributed by atoms with E-state index in [0.717, 1.165) is 5.56 Å². The highest BCUT2D eigenvalue weighted by Gasteiger charge is 2.04. The van der Waals surface area contributed by atoms with Crippen molar-refractivity contribution in [1.29, 1.82) is 0 Å². The number of hydrogen-bond acceptors (Lipinski definition) is 3. The van der Waals surface area contributed by atoms with Crippen LogP contribution in [-0.4, -0.2) is 37.2 Å². The minimum Gasteiger partial charge on any atom is -0.394 e. The average Bonchev–Trinajstić information content (AvgIpc) is 2.35. The second-order valence-electron chi connectivity index (χ2n) is 3.33. The first-order valence-corrected chi connectivity index (χ1v) is 5.25. The fraction of sp³-hybridized carbons (Fsp3) is 0.308. The van der Waals surface area contributed by atoms with E-state index in [9.17, 15) is 0 Å². The maximum atomic E-state index is 9.02. The third kappa shape index (κ3) is 4.87. The summed E-state index contributed by atoms with van der Waals surface area (Å²) in [6.45, 7) is 4.42. The molecule has 0 aliphatic rings. The lowest BCUT2D eigenvalue weighted by Gasteiger charge is -2.10. The second kappa shape index (κ2) is 7.79. The lowest BCUT2D eigenvalue weighted by Crippen LogP contribution is -2.21. The summed E-state index contributed by atoms with van der Waals surface area (Å²) >= 11 is 0. The normalized spacial score (nSPS) is 12.8. The summed E-state index contributed by atoms with van der Waals surface area (Å²) in [5.41, 5.74) is 1.04. The van der Waals surface area contributed by atoms with Crippen molar-refractivity contribution in [2.24, 2.45) is 4.99 Å². The summed E-state index contributed by atoms with van der Waals surface area (Å²) in [5.74, 6) is 0. The van der Waals surface area contributed by atoms with Crippen molar-refractivity contribution in [2.75, 3.05) is 19.8 Å². The second-order valence-corrected chi connectivity index (χ2v) is 3.33. The Kier molecular flexibility index (Phi) is 6.15. The van der Waals surface area contributed by atoms with Gasteiger partial charge in [-0.25, -0.2) is 0 Å². The number of aliphatic hydroxyl groups is 1. The molecule has 0 spiro atoms. The van der Waals surface area contributed by atoms with Crippen LogP contribution in [0.15, 0.2) is 48.0 Å². The molecule has 0 aliphatic carbocycles. The number of ether oxygens (including phenoxy) is 1. The van der Waals surface area contributed by atoms with Crippen LogP contribution < -0.4 is 0 Å². The first-order chi connectivity index (χ1) is 7.86. The van der Waals surface area contributed by atoms with E-state index in [4.69, 9.17) is 9.84 Å². The minimum absolute atomic E-state index is 0.0278. The van der Waals surface area contributed by atoms with Crippen molar-refractivity contribution in [1.82, 2.24) is 0 Å². The van der Waals surface area contributed by atoms with E-state index < -0.39 is 0 Å². The number of aliphatic hydroxyl groups excluding tert-OH is 1. The number of benzene rings is 1. The molecule has 1 rings (SSSR count). The first-order valence-electron chi connectivity index (χ1n) is 5.25. The van der Waals surface area contributed by atoms with Gasteiger partial charge in [0.25, 0.3) is 0 Å². The van der Waals surface area contributed by atoms with Gasteiger partial charge in [0.15, 0.2) is 0 Å². The van der Waals surface area contributed by atoms with Gasteiger partial charge in [0.1, 0.15) is 6.10 Å². The van der Waals surface area contributed by atoms with Crippen LogP contribution in [-0.2, 0) is 4.74 Å². The molecule has 0 bridgehead atoms. The summed E-state index contributed by atoms with van der Waals surface area (Å²) in [5, 5.41) is 9.02. The summed E-state index contributed by atoms with van der Waals surface area (Å²) < 4.78 is 5.30. The zero-order valence-corrected chi connectivity index (χ0v) is 9.25. The fourth-order valence-electron chi connectivity index (χ4n) is 1.18. The van der Waals surface area contributed by atoms with Gasteiger partial charge in [0.2, 0.25) is 0 Å². The highest BCUT2D eigenvalue weighted by atomic mass is 16.5. The topological polar surface area (TPSA) is 41.8 Å². The average molecular weight is 219 g/mol. The molecular formula is C13H17NO2. The van der Waals surface area contributed by atoms with Crippen molar-refractivity contribution < 1.29 is 9.84 Å². The number of aliphatic imine (C=N–C) groups is 1. The Morgan fingerprint density at radius 3 is 2.75 bits per heavy atom. The monoisotopic (exact) mass is 219 g/mol. The van der Waals surface area contributed by atoms with Crippen molar-refractivity contribution in [2.45, 2.75) is 6.10 Å². The largest absolute Gasteiger partial charge is 0.394 e. The van der Waals surface area contributed by atoms with Gasteiger partial charge in [-0.1, -0.05) is 36.4 Å². The van der Waals surface area contributed by atoms with Gasteiger partial charge in [-0.2, -0.15) is 0 Å². The third-order valence-electron chi connectivity index (χ3n) is 2.00. The number of rotatable bonds is 7. The lowest BCUT2D eigenvalue weighted by atomic mass is 10.2. The molecule has 1 aromatic rings. The van der Waals surface area contributed by atoms with Gasteiger partial charge < -0.3 is 9.84 Å². The van der Waals surface area contributed by atoms with Crippen molar-refractivity contribution >= 4 is 6.21 Å². The maximum absolute atomic E-state index is 9.02. The fourth-order valence-corrected chi connectivity index (χ4v) is 1.18. The molecular weight excluding hydrogens is 202 g/mol. The summed E-state index contributed by atoms with van der Waals surface area (Å²) in [6, 6.07) is 9.82. The van der Waals surface area contributed by atoms with Crippen LogP contribution in [0.1, 0.15) is 5.56 Å². The molecule has 1 aromatic carbocycles. The Balaban J connectivity index is 2.37. The Morgan fingerprint density at radius 1 is 1.38 bits per heavy atom. The molecule has 0 saturated carbocycles. The highest BCUT2D eigenvalue weighted by Crippen LogP contribution is 1.96. The Labute approximate surface area is 96.1 Å². The molecule has 0 saturated heterocycles. The zero-order chi connectivity index (χ0) is 11.6. The van der Waals surface area contributed by atoms with Crippen molar-refractivity contribution in [3.8, 4) is 0 Å². The molecule has 3 nitrogen and oxygen atoms in total. The Morgan fingerprint density at radius 2 is 2.12 bits per heavy atom. The molecule has 86 valence electrons. The summed E-state index contributed by atoms with van der Waals surface area (Å²) in [4.78, 5) is 4.22. The van der Waals surface area contributed by atoms with Crippen LogP contribution in [0.4, 0.5) is 0 Å². The Bertz CT molecular complexity index is 322. The van der Waals surface area contributed by atoms with Crippen LogP contribution in [0.5, 0.6) is 0 Å². The van der Waals surface area contributed by atoms with Crippen LogP contribution in [0, 0.1) is 0 Å². The van der Waals surface area contributed by atoms with Gasteiger partial charge in [-0.3, -0.25) is 4.99 Å². The minimum atomic E-state index is -0.252. The van der Waals surface area contributed by atoms with E-state index >= 15 is 0 Å². The van der Waals surface area contributed by atoms with Crippen LogP contribution in [0.25, 0.3) is 0 Å². The molecule has 0 amide bonds. The number of hydrogen-bond donors (Lipinski definition) is 1. The van der Waals surface area contributed by atoms with Gasteiger partial charge >= 0.3 is 0 Å². The molecule has 0 aliphatic heterocycles. The molecule has 16 heavy (non-hydrogen) atoms. The molecule has 0 fully saturated rings.